The van der Waals surface area contributed by atoms with E-state index in [4.69, 9.17) is 5.73 Å². The summed E-state index contributed by atoms with van der Waals surface area (Å²) in [5.41, 5.74) is 9.39. The van der Waals surface area contributed by atoms with Crippen LogP contribution in [0.1, 0.15) is 29.5 Å². The Hall–Kier alpha value is -1.10. The van der Waals surface area contributed by atoms with Gasteiger partial charge in [-0.1, -0.05) is 29.3 Å². The maximum atomic E-state index is 12.1. The Labute approximate surface area is 139 Å². The summed E-state index contributed by atoms with van der Waals surface area (Å²) in [7, 11) is 0. The summed E-state index contributed by atoms with van der Waals surface area (Å²) < 4.78 is 0. The van der Waals surface area contributed by atoms with Gasteiger partial charge in [-0.15, -0.1) is 12.4 Å². The number of likely N-dealkylation sites (tertiary alicyclic amines) is 1. The monoisotopic (exact) mass is 325 g/mol. The number of hydrogen-bond acceptors (Lipinski definition) is 3. The van der Waals surface area contributed by atoms with E-state index in [1.165, 1.54) is 16.7 Å². The smallest absolute Gasteiger partial charge is 0.224 e. The van der Waals surface area contributed by atoms with Gasteiger partial charge in [-0.05, 0) is 38.8 Å². The van der Waals surface area contributed by atoms with Gasteiger partial charge in [0.2, 0.25) is 5.91 Å². The van der Waals surface area contributed by atoms with Gasteiger partial charge in [0.25, 0.3) is 0 Å². The molecule has 3 N–H and O–H groups in total. The van der Waals surface area contributed by atoms with E-state index in [-0.39, 0.29) is 24.2 Å². The molecule has 0 bridgehead atoms. The third-order valence-corrected chi connectivity index (χ3v) is 4.01. The van der Waals surface area contributed by atoms with Crippen molar-refractivity contribution in [2.24, 2.45) is 11.7 Å². The first kappa shape index (κ1) is 18.9. The number of amides is 1. The minimum absolute atomic E-state index is 0. The molecule has 1 amide bonds. The zero-order valence-corrected chi connectivity index (χ0v) is 14.4. The van der Waals surface area contributed by atoms with Crippen LogP contribution in [0, 0.1) is 19.8 Å². The van der Waals surface area contributed by atoms with Crippen LogP contribution in [-0.2, 0) is 11.3 Å². The Bertz CT molecular complexity index is 473. The molecule has 1 unspecified atom stereocenters. The molecule has 1 fully saturated rings. The number of carbonyl (C=O) groups is 1. The van der Waals surface area contributed by atoms with Gasteiger partial charge in [0.05, 0.1) is 5.92 Å². The highest BCUT2D eigenvalue weighted by atomic mass is 35.5. The molecule has 0 radical (unpaired) electrons. The molecule has 0 saturated carbocycles. The molecule has 1 aromatic rings. The average Bonchev–Trinajstić information content (AvgIpc) is 2.44. The summed E-state index contributed by atoms with van der Waals surface area (Å²) in [4.78, 5) is 14.5. The van der Waals surface area contributed by atoms with Crippen molar-refractivity contribution in [2.75, 3.05) is 26.2 Å². The summed E-state index contributed by atoms with van der Waals surface area (Å²) in [6, 6.07) is 6.68. The molecule has 0 aliphatic carbocycles. The van der Waals surface area contributed by atoms with E-state index in [0.717, 1.165) is 32.5 Å². The first-order valence-corrected chi connectivity index (χ1v) is 7.86. The van der Waals surface area contributed by atoms with Crippen molar-refractivity contribution in [3.8, 4) is 0 Å². The van der Waals surface area contributed by atoms with Crippen molar-refractivity contribution < 1.29 is 4.79 Å². The number of aryl methyl sites for hydroxylation is 2. The Kier molecular flexibility index (Phi) is 7.87. The predicted molar refractivity (Wildman–Crippen MR) is 93.2 cm³/mol. The summed E-state index contributed by atoms with van der Waals surface area (Å²) in [6.07, 6.45) is 2.07. The molecular formula is C17H28ClN3O. The molecular weight excluding hydrogens is 298 g/mol. The second-order valence-electron chi connectivity index (χ2n) is 6.15. The van der Waals surface area contributed by atoms with E-state index in [0.29, 0.717) is 13.1 Å². The molecule has 0 spiro atoms. The molecule has 0 aromatic heterocycles. The fourth-order valence-electron chi connectivity index (χ4n) is 3.17. The van der Waals surface area contributed by atoms with Crippen molar-refractivity contribution in [3.05, 3.63) is 34.9 Å². The predicted octanol–water partition coefficient (Wildman–Crippen LogP) is 2.01. The fraction of sp³-hybridized carbons (Fsp3) is 0.588. The van der Waals surface area contributed by atoms with Gasteiger partial charge >= 0.3 is 0 Å². The maximum Gasteiger partial charge on any atom is 0.224 e. The molecule has 2 rings (SSSR count). The lowest BCUT2D eigenvalue weighted by Gasteiger charge is -2.32. The van der Waals surface area contributed by atoms with Crippen molar-refractivity contribution in [1.82, 2.24) is 10.2 Å². The Morgan fingerprint density at radius 2 is 2.00 bits per heavy atom. The number of rotatable bonds is 5. The third-order valence-electron chi connectivity index (χ3n) is 4.01. The number of piperidine rings is 1. The second kappa shape index (κ2) is 9.13. The summed E-state index contributed by atoms with van der Waals surface area (Å²) in [6.45, 7) is 8.21. The van der Waals surface area contributed by atoms with E-state index in [2.05, 4.69) is 42.3 Å². The minimum Gasteiger partial charge on any atom is -0.355 e. The van der Waals surface area contributed by atoms with Crippen LogP contribution < -0.4 is 11.1 Å². The van der Waals surface area contributed by atoms with E-state index in [9.17, 15) is 4.79 Å². The first-order valence-electron chi connectivity index (χ1n) is 7.86. The van der Waals surface area contributed by atoms with E-state index >= 15 is 0 Å². The molecule has 5 heteroatoms. The highest BCUT2D eigenvalue weighted by Gasteiger charge is 2.25. The molecule has 4 nitrogen and oxygen atoms in total. The normalized spacial score (nSPS) is 18.6. The highest BCUT2D eigenvalue weighted by Crippen LogP contribution is 2.19. The summed E-state index contributed by atoms with van der Waals surface area (Å²) >= 11 is 0. The maximum absolute atomic E-state index is 12.1. The summed E-state index contributed by atoms with van der Waals surface area (Å²) in [5, 5.41) is 2.91. The zero-order chi connectivity index (χ0) is 15.2. The number of carbonyl (C=O) groups excluding carboxylic acids is 1. The van der Waals surface area contributed by atoms with Gasteiger partial charge in [0.1, 0.15) is 0 Å². The number of nitrogens with one attached hydrogen (secondary N) is 1. The van der Waals surface area contributed by atoms with Crippen molar-refractivity contribution in [3.63, 3.8) is 0 Å². The van der Waals surface area contributed by atoms with Crippen LogP contribution in [0.3, 0.4) is 0 Å². The van der Waals surface area contributed by atoms with Crippen LogP contribution in [-0.4, -0.2) is 37.0 Å². The Morgan fingerprint density at radius 3 is 2.64 bits per heavy atom. The van der Waals surface area contributed by atoms with E-state index in [1.54, 1.807) is 0 Å². The molecule has 1 aliphatic rings. The van der Waals surface area contributed by atoms with Crippen molar-refractivity contribution in [2.45, 2.75) is 33.2 Å². The average molecular weight is 326 g/mol. The highest BCUT2D eigenvalue weighted by molar-refractivity contribution is 5.85. The largest absolute Gasteiger partial charge is 0.355 e. The number of nitrogens with two attached hydrogens (primary N) is 1. The molecule has 1 aliphatic heterocycles. The van der Waals surface area contributed by atoms with Crippen LogP contribution in [0.4, 0.5) is 0 Å². The SMILES string of the molecule is Cc1cc(C)cc(CN2CCCC(C(=O)NCCN)C2)c1.Cl. The Morgan fingerprint density at radius 1 is 1.32 bits per heavy atom. The second-order valence-corrected chi connectivity index (χ2v) is 6.15. The van der Waals surface area contributed by atoms with E-state index in [1.807, 2.05) is 0 Å². The Balaban J connectivity index is 0.00000242. The zero-order valence-electron chi connectivity index (χ0n) is 13.6. The van der Waals surface area contributed by atoms with Crippen molar-refractivity contribution >= 4 is 18.3 Å². The number of halogens is 1. The first-order chi connectivity index (χ1) is 10.1. The summed E-state index contributed by atoms with van der Waals surface area (Å²) in [5.74, 6) is 0.266. The van der Waals surface area contributed by atoms with Crippen LogP contribution in [0.25, 0.3) is 0 Å². The van der Waals surface area contributed by atoms with Gasteiger partial charge < -0.3 is 11.1 Å². The number of hydrogen-bond donors (Lipinski definition) is 2. The van der Waals surface area contributed by atoms with Crippen LogP contribution in [0.2, 0.25) is 0 Å². The lowest BCUT2D eigenvalue weighted by molar-refractivity contribution is -0.126. The van der Waals surface area contributed by atoms with Gasteiger partial charge in [-0.2, -0.15) is 0 Å². The van der Waals surface area contributed by atoms with Crippen LogP contribution in [0.5, 0.6) is 0 Å². The molecule has 1 heterocycles. The van der Waals surface area contributed by atoms with E-state index < -0.39 is 0 Å². The quantitative estimate of drug-likeness (QED) is 0.870. The number of nitrogens with zero attached hydrogens (tertiary/aromatic N) is 1. The van der Waals surface area contributed by atoms with Gasteiger partial charge in [-0.3, -0.25) is 9.69 Å². The molecule has 1 aromatic carbocycles. The fourth-order valence-corrected chi connectivity index (χ4v) is 3.17. The molecule has 1 saturated heterocycles. The lowest BCUT2D eigenvalue weighted by Crippen LogP contribution is -2.43. The molecule has 22 heavy (non-hydrogen) atoms. The van der Waals surface area contributed by atoms with Crippen LogP contribution >= 0.6 is 12.4 Å². The van der Waals surface area contributed by atoms with Crippen LogP contribution in [0.15, 0.2) is 18.2 Å². The lowest BCUT2D eigenvalue weighted by atomic mass is 9.96. The van der Waals surface area contributed by atoms with Gasteiger partial charge in [0, 0.05) is 26.2 Å². The topological polar surface area (TPSA) is 58.4 Å². The molecule has 124 valence electrons. The minimum atomic E-state index is 0. The van der Waals surface area contributed by atoms with Gasteiger partial charge in [-0.25, -0.2) is 0 Å². The molecule has 1 atom stereocenters. The van der Waals surface area contributed by atoms with Gasteiger partial charge in [0.15, 0.2) is 0 Å². The van der Waals surface area contributed by atoms with Crippen molar-refractivity contribution in [1.29, 1.82) is 0 Å². The number of benzene rings is 1. The standard InChI is InChI=1S/C17H27N3O.ClH/c1-13-8-14(2)10-15(9-13)11-20-7-3-4-16(12-20)17(21)19-6-5-18;/h8-10,16H,3-7,11-12,18H2,1-2H3,(H,19,21);1H. The third kappa shape index (κ3) is 5.59.